The number of rotatable bonds is 10. The Morgan fingerprint density at radius 1 is 1.03 bits per heavy atom. The zero-order chi connectivity index (χ0) is 25.4. The van der Waals surface area contributed by atoms with Gasteiger partial charge in [0.2, 0.25) is 0 Å². The van der Waals surface area contributed by atoms with Crippen molar-refractivity contribution in [3.05, 3.63) is 95.6 Å². The number of hydrogen-bond acceptors (Lipinski definition) is 6. The number of alkyl halides is 3. The molecule has 182 valence electrons. The number of carbonyl (C=O) groups is 2. The maximum atomic E-state index is 13.2. The van der Waals surface area contributed by atoms with Crippen molar-refractivity contribution in [1.82, 2.24) is 0 Å². The molecule has 6 nitrogen and oxygen atoms in total. The average molecular weight is 485 g/mol. The van der Waals surface area contributed by atoms with E-state index in [4.69, 9.17) is 9.47 Å². The number of aldehydes is 1. The zero-order valence-corrected chi connectivity index (χ0v) is 18.7. The monoisotopic (exact) mass is 485 g/mol. The van der Waals surface area contributed by atoms with E-state index in [1.165, 1.54) is 25.1 Å². The first-order valence-electron chi connectivity index (χ1n) is 10.4. The number of carbonyl (C=O) groups excluding carboxylic acids is 2. The van der Waals surface area contributed by atoms with Gasteiger partial charge in [-0.3, -0.25) is 4.79 Å². The highest BCUT2D eigenvalue weighted by molar-refractivity contribution is 6.03. The molecule has 0 aromatic heterocycles. The minimum Gasteiger partial charge on any atom is -0.486 e. The molecule has 0 spiro atoms. The van der Waals surface area contributed by atoms with E-state index in [1.54, 1.807) is 48.5 Å². The van der Waals surface area contributed by atoms with E-state index in [-0.39, 0.29) is 47.8 Å². The number of anilines is 1. The van der Waals surface area contributed by atoms with Crippen molar-refractivity contribution in [1.29, 1.82) is 0 Å². The second kappa shape index (κ2) is 11.2. The van der Waals surface area contributed by atoms with Gasteiger partial charge in [-0.2, -0.15) is 0 Å². The van der Waals surface area contributed by atoms with Crippen molar-refractivity contribution in [2.45, 2.75) is 19.9 Å². The second-order valence-corrected chi connectivity index (χ2v) is 7.26. The van der Waals surface area contributed by atoms with Crippen LogP contribution in [0.15, 0.2) is 73.3 Å². The number of esters is 1. The van der Waals surface area contributed by atoms with Crippen molar-refractivity contribution in [2.24, 2.45) is 0 Å². The van der Waals surface area contributed by atoms with Gasteiger partial charge in [0.15, 0.2) is 12.0 Å². The molecular weight excluding hydrogens is 463 g/mol. The first-order valence-corrected chi connectivity index (χ1v) is 10.4. The Kier molecular flexibility index (Phi) is 8.14. The molecule has 0 radical (unpaired) electrons. The molecule has 0 saturated carbocycles. The molecule has 0 aliphatic carbocycles. The number of hydrogen-bond donors (Lipinski definition) is 1. The highest BCUT2D eigenvalue weighted by atomic mass is 19.4. The van der Waals surface area contributed by atoms with Gasteiger partial charge in [-0.05, 0) is 24.6 Å². The maximum absolute atomic E-state index is 13.2. The Morgan fingerprint density at radius 2 is 1.66 bits per heavy atom. The third kappa shape index (κ3) is 6.41. The van der Waals surface area contributed by atoms with Crippen molar-refractivity contribution in [3.8, 4) is 17.2 Å². The van der Waals surface area contributed by atoms with Crippen LogP contribution in [-0.2, 0) is 6.61 Å². The van der Waals surface area contributed by atoms with E-state index in [0.717, 1.165) is 5.56 Å². The molecule has 3 aromatic carbocycles. The number of ether oxygens (including phenoxy) is 3. The molecule has 0 heterocycles. The van der Waals surface area contributed by atoms with E-state index >= 15 is 0 Å². The fourth-order valence-corrected chi connectivity index (χ4v) is 3.32. The van der Waals surface area contributed by atoms with Gasteiger partial charge in [0, 0.05) is 12.1 Å². The molecule has 0 aliphatic rings. The lowest BCUT2D eigenvalue weighted by Crippen LogP contribution is -2.22. The highest BCUT2D eigenvalue weighted by Crippen LogP contribution is 2.44. The Hall–Kier alpha value is -4.27. The summed E-state index contributed by atoms with van der Waals surface area (Å²) in [6.45, 7) is 4.82. The molecule has 1 N–H and O–H groups in total. The first-order chi connectivity index (χ1) is 16.7. The van der Waals surface area contributed by atoms with Crippen LogP contribution in [0.2, 0.25) is 0 Å². The minimum absolute atomic E-state index is 0.0353. The predicted molar refractivity (Wildman–Crippen MR) is 124 cm³/mol. The third-order valence-electron chi connectivity index (χ3n) is 4.83. The lowest BCUT2D eigenvalue weighted by Gasteiger charge is -2.23. The summed E-state index contributed by atoms with van der Waals surface area (Å²) in [4.78, 5) is 25.2. The number of nitrogens with one attached hydrogen (secondary N) is 1. The first kappa shape index (κ1) is 25.4. The van der Waals surface area contributed by atoms with Gasteiger partial charge in [0.25, 0.3) is 0 Å². The molecule has 0 atom stereocenters. The molecule has 35 heavy (non-hydrogen) atoms. The quantitative estimate of drug-likeness (QED) is 0.162. The summed E-state index contributed by atoms with van der Waals surface area (Å²) in [5.74, 6) is -1.79. The average Bonchev–Trinajstić information content (AvgIpc) is 2.83. The van der Waals surface area contributed by atoms with E-state index in [2.05, 4.69) is 16.6 Å². The van der Waals surface area contributed by atoms with Crippen LogP contribution in [0, 0.1) is 6.92 Å². The van der Waals surface area contributed by atoms with Crippen LogP contribution in [-0.4, -0.2) is 25.2 Å². The molecule has 0 bridgehead atoms. The van der Waals surface area contributed by atoms with E-state index in [0.29, 0.717) is 0 Å². The molecule has 0 amide bonds. The standard InChI is InChI=1S/C26H22F3NO5/c1-3-14-30-22-20(15-31)23(35-26(27,28)29)17(2)21(25(32)34-19-12-8-5-9-13-19)24(22)33-16-18-10-6-4-7-11-18/h3-13,15,30H,1,14,16H2,2H3. The highest BCUT2D eigenvalue weighted by Gasteiger charge is 2.37. The zero-order valence-electron chi connectivity index (χ0n) is 18.7. The normalized spacial score (nSPS) is 10.9. The van der Waals surface area contributed by atoms with Crippen LogP contribution in [0.4, 0.5) is 18.9 Å². The topological polar surface area (TPSA) is 73.9 Å². The SMILES string of the molecule is C=CCNc1c(C=O)c(OC(F)(F)F)c(C)c(C(=O)Oc2ccccc2)c1OCc1ccccc1. The third-order valence-corrected chi connectivity index (χ3v) is 4.83. The lowest BCUT2D eigenvalue weighted by atomic mass is 9.99. The Labute approximate surface area is 199 Å². The maximum Gasteiger partial charge on any atom is 0.573 e. The summed E-state index contributed by atoms with van der Waals surface area (Å²) in [6.07, 6.45) is -3.48. The molecule has 0 fully saturated rings. The van der Waals surface area contributed by atoms with Crippen molar-refractivity contribution in [2.75, 3.05) is 11.9 Å². The molecule has 9 heteroatoms. The smallest absolute Gasteiger partial charge is 0.486 e. The van der Waals surface area contributed by atoms with Crippen molar-refractivity contribution < 1.29 is 37.0 Å². The molecule has 3 aromatic rings. The Morgan fingerprint density at radius 3 is 2.23 bits per heavy atom. The van der Waals surface area contributed by atoms with Gasteiger partial charge in [0.1, 0.15) is 23.7 Å². The van der Waals surface area contributed by atoms with Crippen LogP contribution in [0.1, 0.15) is 31.8 Å². The summed E-state index contributed by atoms with van der Waals surface area (Å²) in [5.41, 5.74) is -0.467. The minimum atomic E-state index is -5.12. The predicted octanol–water partition coefficient (Wildman–Crippen LogP) is 6.10. The molecule has 0 aliphatic heterocycles. The molecule has 3 rings (SSSR count). The van der Waals surface area contributed by atoms with Gasteiger partial charge in [-0.15, -0.1) is 19.8 Å². The van der Waals surface area contributed by atoms with Gasteiger partial charge in [0.05, 0.1) is 11.3 Å². The summed E-state index contributed by atoms with van der Waals surface area (Å²) in [6, 6.07) is 16.9. The van der Waals surface area contributed by atoms with Crippen LogP contribution < -0.4 is 19.5 Å². The van der Waals surface area contributed by atoms with E-state index < -0.39 is 23.6 Å². The fourth-order valence-electron chi connectivity index (χ4n) is 3.32. The van der Waals surface area contributed by atoms with E-state index in [9.17, 15) is 22.8 Å². The largest absolute Gasteiger partial charge is 0.573 e. The molecule has 0 saturated heterocycles. The number of para-hydroxylation sites is 1. The van der Waals surface area contributed by atoms with Crippen molar-refractivity contribution >= 4 is 17.9 Å². The van der Waals surface area contributed by atoms with Crippen LogP contribution >= 0.6 is 0 Å². The van der Waals surface area contributed by atoms with Gasteiger partial charge in [-0.25, -0.2) is 4.79 Å². The van der Waals surface area contributed by atoms with E-state index in [1.807, 2.05) is 0 Å². The van der Waals surface area contributed by atoms with Crippen molar-refractivity contribution in [3.63, 3.8) is 0 Å². The van der Waals surface area contributed by atoms with Gasteiger partial charge >= 0.3 is 12.3 Å². The summed E-state index contributed by atoms with van der Waals surface area (Å²) in [5, 5.41) is 2.80. The number of benzene rings is 3. The van der Waals surface area contributed by atoms with Crippen LogP contribution in [0.25, 0.3) is 0 Å². The summed E-state index contributed by atoms with van der Waals surface area (Å²) >= 11 is 0. The van der Waals surface area contributed by atoms with Gasteiger partial charge in [-0.1, -0.05) is 54.6 Å². The van der Waals surface area contributed by atoms with Gasteiger partial charge < -0.3 is 19.5 Å². The Bertz CT molecular complexity index is 1200. The second-order valence-electron chi connectivity index (χ2n) is 7.26. The fraction of sp³-hybridized carbons (Fsp3) is 0.154. The number of halogens is 3. The molecular formula is C26H22F3NO5. The molecule has 0 unspecified atom stereocenters. The lowest BCUT2D eigenvalue weighted by molar-refractivity contribution is -0.274. The van der Waals surface area contributed by atoms with Crippen LogP contribution in [0.3, 0.4) is 0 Å². The summed E-state index contributed by atoms with van der Waals surface area (Å²) < 4.78 is 55.2. The summed E-state index contributed by atoms with van der Waals surface area (Å²) in [7, 11) is 0. The Balaban J connectivity index is 2.21. The van der Waals surface area contributed by atoms with Crippen LogP contribution in [0.5, 0.6) is 17.2 Å².